The molecule has 3 aromatic heterocycles. The summed E-state index contributed by atoms with van der Waals surface area (Å²) in [5, 5.41) is 29.3. The number of anilines is 1. The maximum atomic E-state index is 13.1. The molecule has 4 heterocycles. The molecule has 38 heavy (non-hydrogen) atoms. The average Bonchev–Trinajstić information content (AvgIpc) is 3.63. The van der Waals surface area contributed by atoms with Crippen LogP contribution in [0.1, 0.15) is 37.6 Å². The summed E-state index contributed by atoms with van der Waals surface area (Å²) in [6.07, 6.45) is 0.769. The summed E-state index contributed by atoms with van der Waals surface area (Å²) in [5.74, 6) is -0.540. The highest BCUT2D eigenvalue weighted by molar-refractivity contribution is 7.98. The van der Waals surface area contributed by atoms with Crippen LogP contribution in [0.5, 0.6) is 0 Å². The van der Waals surface area contributed by atoms with Gasteiger partial charge in [0.15, 0.2) is 33.1 Å². The Labute approximate surface area is 221 Å². The number of aromatic nitrogens is 5. The van der Waals surface area contributed by atoms with Crippen molar-refractivity contribution in [2.45, 2.75) is 67.7 Å². The summed E-state index contributed by atoms with van der Waals surface area (Å²) < 4.78 is 49.8. The van der Waals surface area contributed by atoms with E-state index < -0.39 is 59.1 Å². The van der Waals surface area contributed by atoms with E-state index in [0.717, 1.165) is 38.3 Å². The first kappa shape index (κ1) is 27.4. The lowest BCUT2D eigenvalue weighted by Crippen LogP contribution is -2.38. The van der Waals surface area contributed by atoms with Gasteiger partial charge >= 0.3 is 7.60 Å². The maximum Gasteiger partial charge on any atom is 0.344 e. The number of aliphatic hydroxyl groups excluding tert-OH is 2. The van der Waals surface area contributed by atoms with Crippen molar-refractivity contribution < 1.29 is 42.1 Å². The zero-order valence-electron chi connectivity index (χ0n) is 19.7. The first-order chi connectivity index (χ1) is 17.9. The molecule has 0 aromatic carbocycles. The summed E-state index contributed by atoms with van der Waals surface area (Å²) in [7, 11) is -9.76. The lowest BCUT2D eigenvalue weighted by molar-refractivity contribution is -0.0365. The molecule has 1 unspecified atom stereocenters. The molecule has 0 bridgehead atoms. The van der Waals surface area contributed by atoms with Crippen molar-refractivity contribution in [2.75, 3.05) is 11.1 Å². The molecule has 5 rings (SSSR count). The predicted molar refractivity (Wildman–Crippen MR) is 132 cm³/mol. The monoisotopic (exact) mass is 592 g/mol. The topological polar surface area (TPSA) is 223 Å². The van der Waals surface area contributed by atoms with Crippen LogP contribution in [0.3, 0.4) is 0 Å². The van der Waals surface area contributed by atoms with Gasteiger partial charge in [-0.3, -0.25) is 4.57 Å². The molecule has 18 heteroatoms. The van der Waals surface area contributed by atoms with Crippen molar-refractivity contribution in [2.24, 2.45) is 0 Å². The second-order valence-corrected chi connectivity index (χ2v) is 14.1. The molecule has 0 radical (unpaired) electrons. The Morgan fingerprint density at radius 1 is 1.21 bits per heavy atom. The zero-order chi connectivity index (χ0) is 27.2. The molecule has 1 aliphatic carbocycles. The van der Waals surface area contributed by atoms with Gasteiger partial charge in [0, 0.05) is 12.5 Å². The van der Waals surface area contributed by atoms with Crippen LogP contribution in [0, 0.1) is 0 Å². The number of sulfone groups is 1. The van der Waals surface area contributed by atoms with Gasteiger partial charge in [0.05, 0.1) is 23.0 Å². The summed E-state index contributed by atoms with van der Waals surface area (Å²) >= 11 is 6.14. The second-order valence-electron chi connectivity index (χ2n) is 9.40. The molecule has 0 spiro atoms. The van der Waals surface area contributed by atoms with E-state index in [1.54, 1.807) is 0 Å². The number of aliphatic hydroxyl groups is 2. The second kappa shape index (κ2) is 10.4. The average molecular weight is 593 g/mol. The number of hydrogen-bond acceptors (Lipinski definition) is 12. The van der Waals surface area contributed by atoms with Crippen molar-refractivity contribution >= 4 is 45.9 Å². The molecular formula is C20H26ClN6O9PS. The molecule has 5 N–H and O–H groups in total. The molecular weight excluding hydrogens is 567 g/mol. The smallest absolute Gasteiger partial charge is 0.344 e. The number of fused-ring (bicyclic) bond motifs is 1. The van der Waals surface area contributed by atoms with Crippen molar-refractivity contribution in [1.82, 2.24) is 24.7 Å². The van der Waals surface area contributed by atoms with Crippen LogP contribution in [0.25, 0.3) is 11.0 Å². The van der Waals surface area contributed by atoms with E-state index in [-0.39, 0.29) is 22.7 Å². The van der Waals surface area contributed by atoms with E-state index in [1.807, 2.05) is 0 Å². The minimum atomic E-state index is -5.18. The van der Waals surface area contributed by atoms with Gasteiger partial charge < -0.3 is 34.5 Å². The van der Waals surface area contributed by atoms with Crippen LogP contribution in [-0.4, -0.2) is 88.2 Å². The summed E-state index contributed by atoms with van der Waals surface area (Å²) in [4.78, 5) is 29.5. The van der Waals surface area contributed by atoms with Gasteiger partial charge in [0.2, 0.25) is 5.28 Å². The molecule has 0 amide bonds. The Kier molecular flexibility index (Phi) is 7.52. The number of hydrogen-bond donors (Lipinski definition) is 5. The molecule has 208 valence electrons. The SMILES string of the molecule is O=P(O)(O)C(Cc1cocn1)S(=O)(=O)C[C@H]1O[C@@H](n2ncc3c(NC4CCCC4)nc(Cl)nc32)[C@H](O)[C@@H]1O. The van der Waals surface area contributed by atoms with Crippen LogP contribution in [0.2, 0.25) is 5.28 Å². The van der Waals surface area contributed by atoms with E-state index in [1.165, 1.54) is 10.9 Å². The van der Waals surface area contributed by atoms with Crippen LogP contribution in [0.4, 0.5) is 5.82 Å². The molecule has 3 aromatic rings. The lowest BCUT2D eigenvalue weighted by atomic mass is 10.1. The fraction of sp³-hybridized carbons (Fsp3) is 0.600. The summed E-state index contributed by atoms with van der Waals surface area (Å²) in [6, 6.07) is 0.205. The van der Waals surface area contributed by atoms with Crippen molar-refractivity contribution in [1.29, 1.82) is 0 Å². The largest absolute Gasteiger partial charge is 0.451 e. The first-order valence-electron chi connectivity index (χ1n) is 11.8. The van der Waals surface area contributed by atoms with E-state index in [9.17, 15) is 33.0 Å². The first-order valence-corrected chi connectivity index (χ1v) is 15.5. The Morgan fingerprint density at radius 2 is 1.95 bits per heavy atom. The highest BCUT2D eigenvalue weighted by Crippen LogP contribution is 2.46. The van der Waals surface area contributed by atoms with E-state index in [0.29, 0.717) is 11.2 Å². The van der Waals surface area contributed by atoms with Crippen molar-refractivity contribution in [3.05, 3.63) is 29.8 Å². The molecule has 5 atom stereocenters. The molecule has 15 nitrogen and oxygen atoms in total. The minimum absolute atomic E-state index is 0.0225. The molecule has 1 aliphatic heterocycles. The van der Waals surface area contributed by atoms with Crippen LogP contribution in [0.15, 0.2) is 23.3 Å². The highest BCUT2D eigenvalue weighted by Gasteiger charge is 2.50. The third kappa shape index (κ3) is 5.45. The van der Waals surface area contributed by atoms with E-state index in [4.69, 9.17) is 20.8 Å². The zero-order valence-corrected chi connectivity index (χ0v) is 22.2. The fourth-order valence-corrected chi connectivity index (χ4v) is 8.74. The molecule has 1 saturated carbocycles. The fourth-order valence-electron chi connectivity index (χ4n) is 4.84. The van der Waals surface area contributed by atoms with Crippen LogP contribution in [-0.2, 0) is 25.6 Å². The Balaban J connectivity index is 1.39. The van der Waals surface area contributed by atoms with Gasteiger partial charge in [-0.05, 0) is 24.4 Å². The number of halogens is 1. The van der Waals surface area contributed by atoms with E-state index >= 15 is 0 Å². The maximum absolute atomic E-state index is 13.1. The quantitative estimate of drug-likeness (QED) is 0.169. The molecule has 1 saturated heterocycles. The molecule has 2 aliphatic rings. The standard InChI is InChI=1S/C20H26ClN6O9PS/c21-20-25-17(24-10-3-1-2-4-10)12-6-23-27(18(12)26-20)19-16(29)15(28)13(36-19)8-38(33,34)14(37(30,31)32)5-11-7-35-9-22-11/h6-7,9-10,13-16,19,28-29H,1-5,8H2,(H,24,25,26)(H2,30,31,32)/t13-,14?,15-,16-,19-/m1/s1. The lowest BCUT2D eigenvalue weighted by Gasteiger charge is -2.21. The van der Waals surface area contributed by atoms with Gasteiger partial charge in [-0.25, -0.2) is 18.1 Å². The number of nitrogens with zero attached hydrogens (tertiary/aromatic N) is 5. The number of ether oxygens (including phenoxy) is 1. The third-order valence-electron chi connectivity index (χ3n) is 6.75. The summed E-state index contributed by atoms with van der Waals surface area (Å²) in [5.41, 5.74) is 0.207. The highest BCUT2D eigenvalue weighted by atomic mass is 35.5. The number of oxazole rings is 1. The molecule has 2 fully saturated rings. The Bertz CT molecular complexity index is 1440. The normalized spacial score (nSPS) is 25.8. The third-order valence-corrected chi connectivity index (χ3v) is 11.4. The van der Waals surface area contributed by atoms with Gasteiger partial charge in [0.25, 0.3) is 0 Å². The van der Waals surface area contributed by atoms with Crippen LogP contribution < -0.4 is 5.32 Å². The van der Waals surface area contributed by atoms with Gasteiger partial charge in [-0.1, -0.05) is 12.8 Å². The summed E-state index contributed by atoms with van der Waals surface area (Å²) in [6.45, 7) is 0. The van der Waals surface area contributed by atoms with Gasteiger partial charge in [-0.15, -0.1) is 0 Å². The Hall–Kier alpha value is -2.17. The Morgan fingerprint density at radius 3 is 2.61 bits per heavy atom. The van der Waals surface area contributed by atoms with Gasteiger partial charge in [-0.2, -0.15) is 15.1 Å². The number of rotatable bonds is 9. The van der Waals surface area contributed by atoms with Gasteiger partial charge in [0.1, 0.15) is 30.4 Å². The predicted octanol–water partition coefficient (Wildman–Crippen LogP) is 0.603. The van der Waals surface area contributed by atoms with E-state index in [2.05, 4.69) is 25.4 Å². The van der Waals surface area contributed by atoms with Crippen LogP contribution >= 0.6 is 19.2 Å². The minimum Gasteiger partial charge on any atom is -0.451 e. The van der Waals surface area contributed by atoms with Crippen molar-refractivity contribution in [3.63, 3.8) is 0 Å². The van der Waals surface area contributed by atoms with Crippen molar-refractivity contribution in [3.8, 4) is 0 Å². The number of nitrogens with one attached hydrogen (secondary N) is 1.